The van der Waals surface area contributed by atoms with Crippen LogP contribution >= 0.6 is 11.8 Å². The van der Waals surface area contributed by atoms with E-state index >= 15 is 0 Å². The van der Waals surface area contributed by atoms with Crippen molar-refractivity contribution in [3.8, 4) is 0 Å². The molecule has 0 amide bonds. The van der Waals surface area contributed by atoms with Gasteiger partial charge in [0.2, 0.25) is 11.9 Å². The van der Waals surface area contributed by atoms with Crippen LogP contribution < -0.4 is 10.6 Å². The highest BCUT2D eigenvalue weighted by molar-refractivity contribution is 7.99. The van der Waals surface area contributed by atoms with Crippen molar-refractivity contribution in [1.82, 2.24) is 15.0 Å². The van der Waals surface area contributed by atoms with E-state index in [1.165, 1.54) is 0 Å². The predicted molar refractivity (Wildman–Crippen MR) is 55.0 cm³/mol. The molecular formula is C7H13N5S. The maximum Gasteiger partial charge on any atom is 0.230 e. The second-order valence-electron chi connectivity index (χ2n) is 2.60. The van der Waals surface area contributed by atoms with Gasteiger partial charge < -0.3 is 10.6 Å². The molecule has 2 N–H and O–H groups in total. The molecule has 1 aromatic rings. The number of thioether (sulfide) groups is 1. The van der Waals surface area contributed by atoms with E-state index in [-0.39, 0.29) is 5.95 Å². The van der Waals surface area contributed by atoms with E-state index in [1.54, 1.807) is 16.7 Å². The Morgan fingerprint density at radius 2 is 2.00 bits per heavy atom. The van der Waals surface area contributed by atoms with Gasteiger partial charge in [0.05, 0.1) is 0 Å². The van der Waals surface area contributed by atoms with Gasteiger partial charge in [-0.3, -0.25) is 0 Å². The molecule has 13 heavy (non-hydrogen) atoms. The Balaban J connectivity index is 2.96. The molecule has 0 aliphatic carbocycles. The van der Waals surface area contributed by atoms with Crippen molar-refractivity contribution in [3.05, 3.63) is 0 Å². The van der Waals surface area contributed by atoms with E-state index < -0.39 is 0 Å². The highest BCUT2D eigenvalue weighted by Crippen LogP contribution is 2.15. The van der Waals surface area contributed by atoms with Crippen molar-refractivity contribution >= 4 is 23.7 Å². The first kappa shape index (κ1) is 10.0. The summed E-state index contributed by atoms with van der Waals surface area (Å²) in [5.74, 6) is 1.80. The lowest BCUT2D eigenvalue weighted by Gasteiger charge is -2.10. The van der Waals surface area contributed by atoms with Gasteiger partial charge in [0.25, 0.3) is 0 Å². The first-order valence-corrected chi connectivity index (χ1v) is 4.93. The first-order valence-electron chi connectivity index (χ1n) is 3.95. The van der Waals surface area contributed by atoms with E-state index in [1.807, 2.05) is 21.0 Å². The standard InChI is InChI=1S/C7H13N5S/c1-4-13-7-10-5(8)9-6(11-7)12(2)3/h4H2,1-3H3,(H2,8,9,10,11). The molecule has 0 saturated carbocycles. The summed E-state index contributed by atoms with van der Waals surface area (Å²) in [5.41, 5.74) is 5.53. The van der Waals surface area contributed by atoms with E-state index in [0.717, 1.165) is 5.75 Å². The van der Waals surface area contributed by atoms with Crippen LogP contribution in [0.15, 0.2) is 5.16 Å². The monoisotopic (exact) mass is 199 g/mol. The number of hydrogen-bond donors (Lipinski definition) is 1. The average Bonchev–Trinajstić information content (AvgIpc) is 2.03. The normalized spacial score (nSPS) is 10.1. The molecule has 1 heterocycles. The molecule has 72 valence electrons. The topological polar surface area (TPSA) is 67.9 Å². The van der Waals surface area contributed by atoms with Gasteiger partial charge in [-0.05, 0) is 5.75 Å². The number of aromatic nitrogens is 3. The molecule has 6 heteroatoms. The summed E-state index contributed by atoms with van der Waals surface area (Å²) in [6.07, 6.45) is 0. The average molecular weight is 199 g/mol. The van der Waals surface area contributed by atoms with E-state index in [9.17, 15) is 0 Å². The van der Waals surface area contributed by atoms with Crippen molar-refractivity contribution in [2.75, 3.05) is 30.5 Å². The quantitative estimate of drug-likeness (QED) is 0.720. The Labute approximate surface area is 81.8 Å². The summed E-state index contributed by atoms with van der Waals surface area (Å²) in [4.78, 5) is 14.0. The van der Waals surface area contributed by atoms with Gasteiger partial charge >= 0.3 is 0 Å². The van der Waals surface area contributed by atoms with Crippen LogP contribution in [0.2, 0.25) is 0 Å². The zero-order valence-electron chi connectivity index (χ0n) is 7.98. The minimum absolute atomic E-state index is 0.273. The van der Waals surface area contributed by atoms with Crippen LogP contribution in [-0.4, -0.2) is 34.8 Å². The van der Waals surface area contributed by atoms with Crippen LogP contribution in [-0.2, 0) is 0 Å². The fourth-order valence-electron chi connectivity index (χ4n) is 0.755. The van der Waals surface area contributed by atoms with Gasteiger partial charge in [-0.2, -0.15) is 15.0 Å². The van der Waals surface area contributed by atoms with Gasteiger partial charge in [0.15, 0.2) is 5.16 Å². The molecular weight excluding hydrogens is 186 g/mol. The molecule has 0 aromatic carbocycles. The van der Waals surface area contributed by atoms with Gasteiger partial charge in [-0.15, -0.1) is 0 Å². The summed E-state index contributed by atoms with van der Waals surface area (Å²) in [5, 5.41) is 0.679. The molecule has 1 rings (SSSR count). The molecule has 0 unspecified atom stereocenters. The molecule has 0 fully saturated rings. The molecule has 1 aromatic heterocycles. The van der Waals surface area contributed by atoms with Crippen LogP contribution in [0.5, 0.6) is 0 Å². The Morgan fingerprint density at radius 1 is 1.31 bits per heavy atom. The van der Waals surface area contributed by atoms with Crippen LogP contribution in [0.3, 0.4) is 0 Å². The number of hydrogen-bond acceptors (Lipinski definition) is 6. The predicted octanol–water partition coefficient (Wildman–Crippen LogP) is 0.632. The summed E-state index contributed by atoms with van der Waals surface area (Å²) in [6, 6.07) is 0. The van der Waals surface area contributed by atoms with E-state index in [2.05, 4.69) is 15.0 Å². The second kappa shape index (κ2) is 4.27. The lowest BCUT2D eigenvalue weighted by Crippen LogP contribution is -2.15. The SMILES string of the molecule is CCSc1nc(N)nc(N(C)C)n1. The number of nitrogens with zero attached hydrogens (tertiary/aromatic N) is 4. The lowest BCUT2D eigenvalue weighted by molar-refractivity contribution is 0.876. The Kier molecular flexibility index (Phi) is 3.30. The molecule has 0 aliphatic heterocycles. The third-order valence-electron chi connectivity index (χ3n) is 1.29. The van der Waals surface area contributed by atoms with Crippen LogP contribution in [0.1, 0.15) is 6.92 Å². The largest absolute Gasteiger partial charge is 0.368 e. The zero-order chi connectivity index (χ0) is 9.84. The summed E-state index contributed by atoms with van der Waals surface area (Å²) in [6.45, 7) is 2.04. The highest BCUT2D eigenvalue weighted by atomic mass is 32.2. The third kappa shape index (κ3) is 2.73. The van der Waals surface area contributed by atoms with Gasteiger partial charge in [0, 0.05) is 14.1 Å². The molecule has 0 saturated heterocycles. The third-order valence-corrected chi connectivity index (χ3v) is 2.02. The fourth-order valence-corrected chi connectivity index (χ4v) is 1.32. The Bertz CT molecular complexity index is 288. The molecule has 0 aliphatic rings. The van der Waals surface area contributed by atoms with E-state index in [4.69, 9.17) is 5.73 Å². The van der Waals surface area contributed by atoms with Crippen molar-refractivity contribution in [2.45, 2.75) is 12.1 Å². The van der Waals surface area contributed by atoms with Crippen molar-refractivity contribution in [2.24, 2.45) is 0 Å². The zero-order valence-corrected chi connectivity index (χ0v) is 8.80. The van der Waals surface area contributed by atoms with Crippen molar-refractivity contribution in [1.29, 1.82) is 0 Å². The lowest BCUT2D eigenvalue weighted by atomic mass is 10.8. The van der Waals surface area contributed by atoms with Gasteiger partial charge in [-0.1, -0.05) is 18.7 Å². The second-order valence-corrected chi connectivity index (χ2v) is 3.83. The molecule has 0 spiro atoms. The number of nitrogens with two attached hydrogens (primary N) is 1. The van der Waals surface area contributed by atoms with Crippen LogP contribution in [0.25, 0.3) is 0 Å². The molecule has 0 bridgehead atoms. The Morgan fingerprint density at radius 3 is 2.54 bits per heavy atom. The van der Waals surface area contributed by atoms with E-state index in [0.29, 0.717) is 11.1 Å². The number of nitrogen functional groups attached to an aromatic ring is 1. The van der Waals surface area contributed by atoms with Crippen molar-refractivity contribution < 1.29 is 0 Å². The van der Waals surface area contributed by atoms with Crippen molar-refractivity contribution in [3.63, 3.8) is 0 Å². The van der Waals surface area contributed by atoms with Gasteiger partial charge in [0.1, 0.15) is 0 Å². The fraction of sp³-hybridized carbons (Fsp3) is 0.571. The Hall–Kier alpha value is -1.04. The number of anilines is 2. The van der Waals surface area contributed by atoms with Crippen LogP contribution in [0, 0.1) is 0 Å². The molecule has 0 radical (unpaired) electrons. The smallest absolute Gasteiger partial charge is 0.230 e. The minimum atomic E-state index is 0.273. The number of rotatable bonds is 3. The summed E-state index contributed by atoms with van der Waals surface area (Å²) >= 11 is 1.55. The molecule has 0 atom stereocenters. The van der Waals surface area contributed by atoms with Gasteiger partial charge in [-0.25, -0.2) is 0 Å². The maximum absolute atomic E-state index is 5.53. The summed E-state index contributed by atoms with van der Waals surface area (Å²) < 4.78 is 0. The first-order chi connectivity index (χ1) is 6.13. The summed E-state index contributed by atoms with van der Waals surface area (Å²) in [7, 11) is 3.74. The minimum Gasteiger partial charge on any atom is -0.368 e. The maximum atomic E-state index is 5.53. The molecule has 5 nitrogen and oxygen atoms in total. The highest BCUT2D eigenvalue weighted by Gasteiger charge is 2.04. The van der Waals surface area contributed by atoms with Crippen LogP contribution in [0.4, 0.5) is 11.9 Å².